The van der Waals surface area contributed by atoms with Gasteiger partial charge in [0.15, 0.2) is 8.32 Å². The zero-order valence-corrected chi connectivity index (χ0v) is 15.4. The van der Waals surface area contributed by atoms with E-state index in [0.29, 0.717) is 6.42 Å². The Morgan fingerprint density at radius 3 is 2.55 bits per heavy atom. The number of aliphatic carboxylic acids is 1. The van der Waals surface area contributed by atoms with Crippen LogP contribution in [0.2, 0.25) is 18.1 Å². The molecule has 0 radical (unpaired) electrons. The van der Waals surface area contributed by atoms with Gasteiger partial charge in [-0.1, -0.05) is 33.3 Å². The maximum Gasteiger partial charge on any atom is 0.311 e. The van der Waals surface area contributed by atoms with E-state index in [1.54, 1.807) is 18.5 Å². The Hall–Kier alpha value is -1.20. The molecule has 1 heterocycles. The summed E-state index contributed by atoms with van der Waals surface area (Å²) in [5.74, 6) is -1.25. The van der Waals surface area contributed by atoms with Gasteiger partial charge in [-0.05, 0) is 42.6 Å². The van der Waals surface area contributed by atoms with Crippen molar-refractivity contribution < 1.29 is 14.3 Å². The summed E-state index contributed by atoms with van der Waals surface area (Å²) in [6.07, 6.45) is 5.68. The van der Waals surface area contributed by atoms with Crippen molar-refractivity contribution in [2.24, 2.45) is 0 Å². The minimum Gasteiger partial charge on any atom is -0.481 e. The maximum absolute atomic E-state index is 11.4. The molecule has 1 aromatic heterocycles. The summed E-state index contributed by atoms with van der Waals surface area (Å²) >= 11 is 0. The first kappa shape index (κ1) is 18.8. The van der Waals surface area contributed by atoms with Crippen molar-refractivity contribution in [1.29, 1.82) is 0 Å². The predicted octanol–water partition coefficient (Wildman–Crippen LogP) is 4.44. The quantitative estimate of drug-likeness (QED) is 0.567. The Morgan fingerprint density at radius 1 is 1.36 bits per heavy atom. The average Bonchev–Trinajstić information content (AvgIpc) is 2.42. The Kier molecular flexibility index (Phi) is 6.75. The summed E-state index contributed by atoms with van der Waals surface area (Å²) in [6.45, 7) is 11.9. The van der Waals surface area contributed by atoms with Crippen LogP contribution in [0.5, 0.6) is 0 Å². The molecule has 1 unspecified atom stereocenters. The molecule has 0 aromatic carbocycles. The van der Waals surface area contributed by atoms with Crippen LogP contribution in [0, 0.1) is 0 Å². The molecule has 4 nitrogen and oxygen atoms in total. The van der Waals surface area contributed by atoms with Crippen molar-refractivity contribution >= 4 is 14.3 Å². The summed E-state index contributed by atoms with van der Waals surface area (Å²) in [7, 11) is -1.69. The zero-order valence-electron chi connectivity index (χ0n) is 14.4. The summed E-state index contributed by atoms with van der Waals surface area (Å²) < 4.78 is 6.12. The van der Waals surface area contributed by atoms with Gasteiger partial charge in [0, 0.05) is 19.0 Å². The fourth-order valence-corrected chi connectivity index (χ4v) is 3.10. The van der Waals surface area contributed by atoms with Crippen LogP contribution in [0.4, 0.5) is 0 Å². The van der Waals surface area contributed by atoms with Gasteiger partial charge in [-0.15, -0.1) is 0 Å². The predicted molar refractivity (Wildman–Crippen MR) is 91.6 cm³/mol. The number of aromatic nitrogens is 1. The highest BCUT2D eigenvalue weighted by Crippen LogP contribution is 2.36. The molecule has 1 N–H and O–H groups in total. The molecule has 124 valence electrons. The lowest BCUT2D eigenvalue weighted by Gasteiger charge is -2.36. The molecule has 0 saturated heterocycles. The molecule has 22 heavy (non-hydrogen) atoms. The van der Waals surface area contributed by atoms with Crippen LogP contribution >= 0.6 is 0 Å². The summed E-state index contributed by atoms with van der Waals surface area (Å²) in [5.41, 5.74) is 0.778. The SMILES string of the molecule is CC(C)(C)[Si](C)(C)OCCCCC(C(=O)O)c1cccnc1. The topological polar surface area (TPSA) is 59.4 Å². The van der Waals surface area contributed by atoms with E-state index in [2.05, 4.69) is 38.8 Å². The highest BCUT2D eigenvalue weighted by molar-refractivity contribution is 6.74. The third-order valence-electron chi connectivity index (χ3n) is 4.54. The summed E-state index contributed by atoms with van der Waals surface area (Å²) in [5, 5.41) is 9.58. The number of unbranched alkanes of at least 4 members (excludes halogenated alkanes) is 1. The molecule has 5 heteroatoms. The normalized spacial score (nSPS) is 13.9. The van der Waals surface area contributed by atoms with Crippen molar-refractivity contribution in [3.8, 4) is 0 Å². The van der Waals surface area contributed by atoms with E-state index < -0.39 is 20.2 Å². The first-order chi connectivity index (χ1) is 10.1. The monoisotopic (exact) mass is 323 g/mol. The van der Waals surface area contributed by atoms with E-state index in [9.17, 15) is 9.90 Å². The van der Waals surface area contributed by atoms with Gasteiger partial charge in [-0.2, -0.15) is 0 Å². The lowest BCUT2D eigenvalue weighted by Crippen LogP contribution is -2.40. The van der Waals surface area contributed by atoms with Crippen molar-refractivity contribution in [2.75, 3.05) is 6.61 Å². The second kappa shape index (κ2) is 7.88. The van der Waals surface area contributed by atoms with Gasteiger partial charge in [0.2, 0.25) is 0 Å². The Bertz CT molecular complexity index is 469. The molecule has 0 amide bonds. The molecule has 1 aromatic rings. The van der Waals surface area contributed by atoms with Crippen molar-refractivity contribution in [1.82, 2.24) is 4.98 Å². The number of nitrogens with zero attached hydrogens (tertiary/aromatic N) is 1. The van der Waals surface area contributed by atoms with Gasteiger partial charge >= 0.3 is 5.97 Å². The molecular formula is C17H29NO3Si. The first-order valence-electron chi connectivity index (χ1n) is 7.92. The molecule has 0 aliphatic carbocycles. The first-order valence-corrected chi connectivity index (χ1v) is 10.8. The molecule has 0 bridgehead atoms. The number of hydrogen-bond acceptors (Lipinski definition) is 3. The van der Waals surface area contributed by atoms with E-state index in [1.807, 2.05) is 6.07 Å². The minimum atomic E-state index is -1.69. The number of pyridine rings is 1. The Balaban J connectivity index is 2.41. The number of carboxylic acid groups (broad SMARTS) is 1. The minimum absolute atomic E-state index is 0.215. The van der Waals surface area contributed by atoms with Crippen molar-refractivity contribution in [2.45, 2.75) is 64.1 Å². The number of carboxylic acids is 1. The average molecular weight is 324 g/mol. The van der Waals surface area contributed by atoms with Gasteiger partial charge in [0.25, 0.3) is 0 Å². The van der Waals surface area contributed by atoms with Gasteiger partial charge < -0.3 is 9.53 Å². The van der Waals surface area contributed by atoms with Crippen LogP contribution in [0.25, 0.3) is 0 Å². The van der Waals surface area contributed by atoms with Crippen LogP contribution in [0.1, 0.15) is 51.5 Å². The lowest BCUT2D eigenvalue weighted by atomic mass is 9.95. The highest BCUT2D eigenvalue weighted by atomic mass is 28.4. The van der Waals surface area contributed by atoms with Gasteiger partial charge in [0.05, 0.1) is 5.92 Å². The fourth-order valence-electron chi connectivity index (χ4n) is 2.01. The smallest absolute Gasteiger partial charge is 0.311 e. The molecular weight excluding hydrogens is 294 g/mol. The molecule has 0 spiro atoms. The van der Waals surface area contributed by atoms with Crippen LogP contribution in [0.15, 0.2) is 24.5 Å². The molecule has 0 saturated carbocycles. The highest BCUT2D eigenvalue weighted by Gasteiger charge is 2.36. The van der Waals surface area contributed by atoms with E-state index in [1.165, 1.54) is 0 Å². The fraction of sp³-hybridized carbons (Fsp3) is 0.647. The van der Waals surface area contributed by atoms with Gasteiger partial charge in [-0.25, -0.2) is 0 Å². The Morgan fingerprint density at radius 2 is 2.05 bits per heavy atom. The van der Waals surface area contributed by atoms with Gasteiger partial charge in [-0.3, -0.25) is 9.78 Å². The third-order valence-corrected chi connectivity index (χ3v) is 9.08. The largest absolute Gasteiger partial charge is 0.481 e. The molecule has 0 aliphatic rings. The van der Waals surface area contributed by atoms with Crippen molar-refractivity contribution in [3.63, 3.8) is 0 Å². The standard InChI is InChI=1S/C17H29NO3Si/c1-17(2,3)22(4,5)21-12-7-6-10-15(16(19)20)14-9-8-11-18-13-14/h8-9,11,13,15H,6-7,10,12H2,1-5H3,(H,19,20). The van der Waals surface area contributed by atoms with E-state index >= 15 is 0 Å². The summed E-state index contributed by atoms with van der Waals surface area (Å²) in [6, 6.07) is 3.61. The van der Waals surface area contributed by atoms with Crippen LogP contribution in [-0.2, 0) is 9.22 Å². The third kappa shape index (κ3) is 5.53. The second-order valence-electron chi connectivity index (χ2n) is 7.28. The Labute approximate surface area is 135 Å². The summed E-state index contributed by atoms with van der Waals surface area (Å²) in [4.78, 5) is 15.4. The van der Waals surface area contributed by atoms with Gasteiger partial charge in [0.1, 0.15) is 0 Å². The van der Waals surface area contributed by atoms with Crippen LogP contribution < -0.4 is 0 Å². The molecule has 1 rings (SSSR count). The van der Waals surface area contributed by atoms with E-state index in [-0.39, 0.29) is 5.04 Å². The van der Waals surface area contributed by atoms with E-state index in [0.717, 1.165) is 25.0 Å². The van der Waals surface area contributed by atoms with E-state index in [4.69, 9.17) is 4.43 Å². The number of carbonyl (C=O) groups is 1. The second-order valence-corrected chi connectivity index (χ2v) is 12.1. The molecule has 0 fully saturated rings. The molecule has 0 aliphatic heterocycles. The molecule has 1 atom stereocenters. The maximum atomic E-state index is 11.4. The lowest BCUT2D eigenvalue weighted by molar-refractivity contribution is -0.139. The number of rotatable bonds is 8. The van der Waals surface area contributed by atoms with Crippen molar-refractivity contribution in [3.05, 3.63) is 30.1 Å². The zero-order chi connectivity index (χ0) is 16.8. The van der Waals surface area contributed by atoms with Crippen LogP contribution in [0.3, 0.4) is 0 Å². The van der Waals surface area contributed by atoms with Crippen LogP contribution in [-0.4, -0.2) is 31.0 Å². The number of hydrogen-bond donors (Lipinski definition) is 1.